The normalized spacial score (nSPS) is 11.1. The van der Waals surface area contributed by atoms with Gasteiger partial charge in [0, 0.05) is 11.1 Å². The molecular formula is C7H8N2. The fourth-order valence-electron chi connectivity index (χ4n) is 0.496. The highest BCUT2D eigenvalue weighted by molar-refractivity contribution is 5.34. The van der Waals surface area contributed by atoms with Gasteiger partial charge < -0.3 is 0 Å². The highest BCUT2D eigenvalue weighted by Crippen LogP contribution is 2.04. The fraction of sp³-hybridized carbons (Fsp3) is 0.429. The molecule has 0 fully saturated rings. The molecule has 2 nitrogen and oxygen atoms in total. The van der Waals surface area contributed by atoms with Crippen molar-refractivity contribution in [2.75, 3.05) is 0 Å². The van der Waals surface area contributed by atoms with Crippen molar-refractivity contribution in [1.29, 1.82) is 10.5 Å². The summed E-state index contributed by atoms with van der Waals surface area (Å²) < 4.78 is 0. The van der Waals surface area contributed by atoms with Gasteiger partial charge in [0.2, 0.25) is 0 Å². The van der Waals surface area contributed by atoms with Gasteiger partial charge in [0.25, 0.3) is 0 Å². The summed E-state index contributed by atoms with van der Waals surface area (Å²) in [5.41, 5.74) is 1.11. The SMILES string of the molecule is CCC(C#N)=C(C)C#N. The molecule has 0 bridgehead atoms. The van der Waals surface area contributed by atoms with E-state index in [-0.39, 0.29) is 0 Å². The summed E-state index contributed by atoms with van der Waals surface area (Å²) >= 11 is 0. The van der Waals surface area contributed by atoms with Gasteiger partial charge in [-0.25, -0.2) is 0 Å². The predicted molar refractivity (Wildman–Crippen MR) is 34.2 cm³/mol. The van der Waals surface area contributed by atoms with Crippen molar-refractivity contribution < 1.29 is 0 Å². The maximum atomic E-state index is 8.37. The van der Waals surface area contributed by atoms with E-state index in [9.17, 15) is 0 Å². The van der Waals surface area contributed by atoms with Crippen LogP contribution in [0, 0.1) is 22.7 Å². The Morgan fingerprint density at radius 2 is 1.89 bits per heavy atom. The van der Waals surface area contributed by atoms with Crippen molar-refractivity contribution in [3.63, 3.8) is 0 Å². The Morgan fingerprint density at radius 1 is 1.33 bits per heavy atom. The summed E-state index contributed by atoms with van der Waals surface area (Å²) in [4.78, 5) is 0. The molecule has 0 spiro atoms. The molecule has 9 heavy (non-hydrogen) atoms. The Kier molecular flexibility index (Phi) is 3.16. The molecule has 0 aliphatic heterocycles. The van der Waals surface area contributed by atoms with Crippen LogP contribution in [0.25, 0.3) is 0 Å². The van der Waals surface area contributed by atoms with Crippen molar-refractivity contribution in [1.82, 2.24) is 0 Å². The van der Waals surface area contributed by atoms with Crippen LogP contribution in [-0.4, -0.2) is 0 Å². The molecule has 0 aromatic heterocycles. The van der Waals surface area contributed by atoms with E-state index in [0.29, 0.717) is 17.6 Å². The second-order valence-corrected chi connectivity index (χ2v) is 1.68. The van der Waals surface area contributed by atoms with Crippen LogP contribution in [0.15, 0.2) is 11.1 Å². The van der Waals surface area contributed by atoms with Crippen LogP contribution in [0.2, 0.25) is 0 Å². The maximum Gasteiger partial charge on any atom is 0.0957 e. The standard InChI is InChI=1S/C7H8N2/c1-3-7(5-9)6(2)4-8/h3H2,1-2H3. The Balaban J connectivity index is 4.49. The first-order valence-corrected chi connectivity index (χ1v) is 2.76. The minimum atomic E-state index is 0.528. The summed E-state index contributed by atoms with van der Waals surface area (Å²) in [6.07, 6.45) is 0.649. The van der Waals surface area contributed by atoms with E-state index in [4.69, 9.17) is 10.5 Å². The predicted octanol–water partition coefficient (Wildman–Crippen LogP) is 1.76. The van der Waals surface area contributed by atoms with Crippen molar-refractivity contribution in [3.8, 4) is 12.1 Å². The molecule has 0 aromatic rings. The van der Waals surface area contributed by atoms with Gasteiger partial charge >= 0.3 is 0 Å². The lowest BCUT2D eigenvalue weighted by Gasteiger charge is -1.88. The molecule has 0 aliphatic rings. The van der Waals surface area contributed by atoms with E-state index < -0.39 is 0 Å². The van der Waals surface area contributed by atoms with Gasteiger partial charge in [-0.2, -0.15) is 10.5 Å². The molecule has 0 aromatic carbocycles. The number of hydrogen-bond acceptors (Lipinski definition) is 2. The van der Waals surface area contributed by atoms with Crippen molar-refractivity contribution >= 4 is 0 Å². The second kappa shape index (κ2) is 3.69. The zero-order chi connectivity index (χ0) is 7.28. The average Bonchev–Trinajstić information content (AvgIpc) is 1.90. The third-order valence-corrected chi connectivity index (χ3v) is 1.11. The molecule has 0 unspecified atom stereocenters. The van der Waals surface area contributed by atoms with Gasteiger partial charge in [-0.05, 0) is 13.3 Å². The van der Waals surface area contributed by atoms with Gasteiger partial charge in [0.15, 0.2) is 0 Å². The van der Waals surface area contributed by atoms with E-state index in [1.54, 1.807) is 6.92 Å². The van der Waals surface area contributed by atoms with Crippen LogP contribution in [0.5, 0.6) is 0 Å². The van der Waals surface area contributed by atoms with Crippen LogP contribution >= 0.6 is 0 Å². The van der Waals surface area contributed by atoms with Gasteiger partial charge in [0.1, 0.15) is 0 Å². The second-order valence-electron chi connectivity index (χ2n) is 1.68. The molecule has 0 heterocycles. The van der Waals surface area contributed by atoms with Crippen LogP contribution in [0.1, 0.15) is 20.3 Å². The van der Waals surface area contributed by atoms with E-state index >= 15 is 0 Å². The van der Waals surface area contributed by atoms with Crippen LogP contribution in [0.4, 0.5) is 0 Å². The summed E-state index contributed by atoms with van der Waals surface area (Å²) in [5.74, 6) is 0. The fourth-order valence-corrected chi connectivity index (χ4v) is 0.496. The van der Waals surface area contributed by atoms with Crippen LogP contribution < -0.4 is 0 Å². The van der Waals surface area contributed by atoms with E-state index in [0.717, 1.165) is 0 Å². The van der Waals surface area contributed by atoms with Crippen molar-refractivity contribution in [2.24, 2.45) is 0 Å². The number of rotatable bonds is 1. The highest BCUT2D eigenvalue weighted by atomic mass is 14.3. The first-order valence-electron chi connectivity index (χ1n) is 2.76. The first kappa shape index (κ1) is 7.72. The highest BCUT2D eigenvalue weighted by Gasteiger charge is 1.95. The summed E-state index contributed by atoms with van der Waals surface area (Å²) in [6, 6.07) is 3.88. The molecule has 46 valence electrons. The van der Waals surface area contributed by atoms with Gasteiger partial charge in [-0.3, -0.25) is 0 Å². The molecule has 0 aliphatic carbocycles. The smallest absolute Gasteiger partial charge is 0.0957 e. The van der Waals surface area contributed by atoms with E-state index in [1.165, 1.54) is 0 Å². The lowest BCUT2D eigenvalue weighted by atomic mass is 10.1. The summed E-state index contributed by atoms with van der Waals surface area (Å²) in [7, 11) is 0. The minimum Gasteiger partial charge on any atom is -0.193 e. The van der Waals surface area contributed by atoms with E-state index in [2.05, 4.69) is 0 Å². The van der Waals surface area contributed by atoms with Gasteiger partial charge in [-0.15, -0.1) is 0 Å². The number of nitrogens with zero attached hydrogens (tertiary/aromatic N) is 2. The van der Waals surface area contributed by atoms with Crippen LogP contribution in [-0.2, 0) is 0 Å². The zero-order valence-electron chi connectivity index (χ0n) is 5.60. The average molecular weight is 120 g/mol. The topological polar surface area (TPSA) is 47.6 Å². The first-order chi connectivity index (χ1) is 4.26. The molecule has 0 atom stereocenters. The minimum absolute atomic E-state index is 0.528. The third-order valence-electron chi connectivity index (χ3n) is 1.11. The largest absolute Gasteiger partial charge is 0.193 e. The monoisotopic (exact) mass is 120 g/mol. The Labute approximate surface area is 55.0 Å². The van der Waals surface area contributed by atoms with Crippen molar-refractivity contribution in [2.45, 2.75) is 20.3 Å². The van der Waals surface area contributed by atoms with Crippen molar-refractivity contribution in [3.05, 3.63) is 11.1 Å². The quantitative estimate of drug-likeness (QED) is 0.495. The molecular weight excluding hydrogens is 112 g/mol. The van der Waals surface area contributed by atoms with Gasteiger partial charge in [0.05, 0.1) is 12.1 Å². The third kappa shape index (κ3) is 1.97. The molecule has 0 amide bonds. The molecule has 2 heteroatoms. The summed E-state index contributed by atoms with van der Waals surface area (Å²) in [5, 5.41) is 16.7. The molecule has 0 saturated carbocycles. The lowest BCUT2D eigenvalue weighted by molar-refractivity contribution is 1.12. The van der Waals surface area contributed by atoms with Gasteiger partial charge in [-0.1, -0.05) is 6.92 Å². The Hall–Kier alpha value is -1.28. The van der Waals surface area contributed by atoms with E-state index in [1.807, 2.05) is 19.1 Å². The number of nitriles is 2. The number of allylic oxidation sites excluding steroid dienone is 2. The molecule has 0 radical (unpaired) electrons. The number of hydrogen-bond donors (Lipinski definition) is 0. The molecule has 0 rings (SSSR count). The summed E-state index contributed by atoms with van der Waals surface area (Å²) in [6.45, 7) is 3.52. The molecule has 0 N–H and O–H groups in total. The Morgan fingerprint density at radius 3 is 2.00 bits per heavy atom. The Bertz CT molecular complexity index is 200. The zero-order valence-corrected chi connectivity index (χ0v) is 5.60. The maximum absolute atomic E-state index is 8.37. The lowest BCUT2D eigenvalue weighted by Crippen LogP contribution is -1.79. The van der Waals surface area contributed by atoms with Crippen LogP contribution in [0.3, 0.4) is 0 Å². The molecule has 0 saturated heterocycles.